The number of urea groups is 2. The summed E-state index contributed by atoms with van der Waals surface area (Å²) in [6, 6.07) is 13.5. The van der Waals surface area contributed by atoms with Crippen molar-refractivity contribution >= 4 is 40.2 Å². The summed E-state index contributed by atoms with van der Waals surface area (Å²) in [6.07, 6.45) is 3.18. The maximum atomic E-state index is 14.2. The Balaban J connectivity index is 1.02. The van der Waals surface area contributed by atoms with Gasteiger partial charge in [-0.1, -0.05) is 18.2 Å². The maximum Gasteiger partial charge on any atom is 0.322 e. The van der Waals surface area contributed by atoms with E-state index in [1.54, 1.807) is 45.2 Å². The lowest BCUT2D eigenvalue weighted by molar-refractivity contribution is -0.133. The second-order valence-electron chi connectivity index (χ2n) is 12.8. The summed E-state index contributed by atoms with van der Waals surface area (Å²) < 4.78 is 27.7. The molecule has 4 heterocycles. The molecule has 0 saturated carbocycles. The van der Waals surface area contributed by atoms with E-state index in [2.05, 4.69) is 25.7 Å². The molecule has 5 amide bonds. The van der Waals surface area contributed by atoms with Crippen molar-refractivity contribution in [3.05, 3.63) is 89.1 Å². The topological polar surface area (TPSA) is 117 Å². The van der Waals surface area contributed by atoms with Crippen molar-refractivity contribution in [2.75, 3.05) is 49.5 Å². The molecule has 13 heteroatoms. The van der Waals surface area contributed by atoms with Crippen molar-refractivity contribution in [2.24, 2.45) is 0 Å². The van der Waals surface area contributed by atoms with Gasteiger partial charge in [-0.25, -0.2) is 18.4 Å². The summed E-state index contributed by atoms with van der Waals surface area (Å²) in [7, 11) is 0. The number of hydrogen-bond donors (Lipinski definition) is 3. The summed E-state index contributed by atoms with van der Waals surface area (Å²) in [4.78, 5) is 47.9. The number of rotatable bonds is 6. The molecule has 3 N–H and O–H groups in total. The number of nitrogens with zero attached hydrogens (tertiary/aromatic N) is 5. The number of aryl methyl sites for hydroxylation is 1. The summed E-state index contributed by atoms with van der Waals surface area (Å²) in [5.41, 5.74) is 4.69. The van der Waals surface area contributed by atoms with Gasteiger partial charge < -0.3 is 30.2 Å². The molecule has 0 radical (unpaired) electrons. The van der Waals surface area contributed by atoms with E-state index >= 15 is 0 Å². The highest BCUT2D eigenvalue weighted by atomic mass is 19.1. The quantitative estimate of drug-likeness (QED) is 0.280. The third kappa shape index (κ3) is 6.36. The Bertz CT molecular complexity index is 1830. The number of carbonyl (C=O) groups is 3. The number of halogens is 2. The van der Waals surface area contributed by atoms with Crippen LogP contribution >= 0.6 is 0 Å². The van der Waals surface area contributed by atoms with Crippen LogP contribution in [0.1, 0.15) is 29.5 Å². The zero-order valence-electron chi connectivity index (χ0n) is 26.7. The molecule has 1 atom stereocenters. The van der Waals surface area contributed by atoms with Crippen molar-refractivity contribution in [3.8, 4) is 0 Å². The van der Waals surface area contributed by atoms with Crippen LogP contribution in [0.2, 0.25) is 0 Å². The van der Waals surface area contributed by atoms with Gasteiger partial charge in [0.25, 0.3) is 0 Å². The smallest absolute Gasteiger partial charge is 0.322 e. The predicted octanol–water partition coefficient (Wildman–Crippen LogP) is 4.63. The highest BCUT2D eigenvalue weighted by Gasteiger charge is 2.35. The average molecular weight is 657 g/mol. The first-order valence-corrected chi connectivity index (χ1v) is 16.4. The maximum absolute atomic E-state index is 14.2. The predicted molar refractivity (Wildman–Crippen MR) is 178 cm³/mol. The second-order valence-corrected chi connectivity index (χ2v) is 12.8. The van der Waals surface area contributed by atoms with E-state index in [1.165, 1.54) is 18.2 Å². The van der Waals surface area contributed by atoms with Crippen LogP contribution in [0.5, 0.6) is 0 Å². The summed E-state index contributed by atoms with van der Waals surface area (Å²) >= 11 is 0. The van der Waals surface area contributed by atoms with E-state index in [4.69, 9.17) is 0 Å². The van der Waals surface area contributed by atoms with Crippen LogP contribution in [0.25, 0.3) is 10.9 Å². The van der Waals surface area contributed by atoms with Gasteiger partial charge in [0.1, 0.15) is 17.7 Å². The average Bonchev–Trinajstić information content (AvgIpc) is 3.58. The van der Waals surface area contributed by atoms with Gasteiger partial charge in [0.05, 0.1) is 17.4 Å². The molecule has 3 aliphatic heterocycles. The van der Waals surface area contributed by atoms with Crippen LogP contribution < -0.4 is 15.5 Å². The number of H-pyrrole nitrogens is 1. The minimum Gasteiger partial charge on any atom is -0.368 e. The van der Waals surface area contributed by atoms with Crippen molar-refractivity contribution < 1.29 is 23.2 Å². The van der Waals surface area contributed by atoms with Gasteiger partial charge in [-0.15, -0.1) is 0 Å². The Hall–Kier alpha value is -5.20. The summed E-state index contributed by atoms with van der Waals surface area (Å²) in [6.45, 7) is 5.23. The van der Waals surface area contributed by atoms with E-state index in [-0.39, 0.29) is 35.5 Å². The molecule has 0 spiro atoms. The highest BCUT2D eigenvalue weighted by Crippen LogP contribution is 2.30. The van der Waals surface area contributed by atoms with Crippen LogP contribution in [-0.2, 0) is 17.8 Å². The van der Waals surface area contributed by atoms with E-state index < -0.39 is 11.9 Å². The van der Waals surface area contributed by atoms with Crippen molar-refractivity contribution in [1.29, 1.82) is 0 Å². The molecule has 250 valence electrons. The van der Waals surface area contributed by atoms with Crippen LogP contribution in [0.3, 0.4) is 0 Å². The number of nitrogens with one attached hydrogen (secondary N) is 3. The number of fused-ring (bicyclic) bond motifs is 2. The van der Waals surface area contributed by atoms with Gasteiger partial charge >= 0.3 is 12.1 Å². The third-order valence-corrected chi connectivity index (χ3v) is 9.75. The molecule has 1 aromatic heterocycles. The van der Waals surface area contributed by atoms with Crippen molar-refractivity contribution in [2.45, 2.75) is 44.8 Å². The molecule has 0 aliphatic carbocycles. The largest absolute Gasteiger partial charge is 0.368 e. The highest BCUT2D eigenvalue weighted by molar-refractivity contribution is 5.93. The van der Waals surface area contributed by atoms with Gasteiger partial charge in [-0.2, -0.15) is 5.10 Å². The molecule has 0 bridgehead atoms. The molecular formula is C35H38F2N8O3. The van der Waals surface area contributed by atoms with Gasteiger partial charge in [-0.05, 0) is 72.9 Å². The van der Waals surface area contributed by atoms with Gasteiger partial charge in [0.2, 0.25) is 5.91 Å². The van der Waals surface area contributed by atoms with E-state index in [9.17, 15) is 23.2 Å². The molecule has 7 rings (SSSR count). The molecule has 11 nitrogen and oxygen atoms in total. The Labute approximate surface area is 276 Å². The lowest BCUT2D eigenvalue weighted by Gasteiger charge is -2.41. The number of aromatic nitrogens is 2. The van der Waals surface area contributed by atoms with Gasteiger partial charge in [0.15, 0.2) is 0 Å². The minimum absolute atomic E-state index is 0.107. The first kappa shape index (κ1) is 31.4. The Morgan fingerprint density at radius 3 is 2.48 bits per heavy atom. The fourth-order valence-electron chi connectivity index (χ4n) is 7.11. The van der Waals surface area contributed by atoms with Crippen LogP contribution in [-0.4, -0.2) is 94.2 Å². The number of benzene rings is 3. The molecule has 1 unspecified atom stereocenters. The second kappa shape index (κ2) is 13.1. The monoisotopic (exact) mass is 656 g/mol. The first-order valence-electron chi connectivity index (χ1n) is 16.4. The summed E-state index contributed by atoms with van der Waals surface area (Å²) in [5, 5.41) is 13.8. The number of likely N-dealkylation sites (tertiary alicyclic amines) is 1. The van der Waals surface area contributed by atoms with E-state index in [1.807, 2.05) is 19.1 Å². The molecule has 3 aromatic carbocycles. The van der Waals surface area contributed by atoms with E-state index in [0.717, 1.165) is 33.3 Å². The number of amides is 5. The van der Waals surface area contributed by atoms with E-state index in [0.29, 0.717) is 65.1 Å². The number of piperidine rings is 1. The third-order valence-electron chi connectivity index (χ3n) is 9.75. The standard InChI is InChI=1S/C35H38F2N8O3/c1-22-17-23(18-25-20-38-41-31(22)25)19-30(33(46)43-15-13-42(14-16-43)27-7-5-26(36)6-8-27)39-34(47)44-11-9-28(10-12-44)45-21-24-3-2-4-29(37)32(24)40-35(45)48/h2-8,17-18,20,28,30H,9-16,19,21H2,1H3,(H,38,41)(H,39,47)(H,40,48). The lowest BCUT2D eigenvalue weighted by atomic mass is 9.99. The molecular weight excluding hydrogens is 618 g/mol. The number of carbonyl (C=O) groups excluding carboxylic acids is 3. The minimum atomic E-state index is -0.796. The van der Waals surface area contributed by atoms with Crippen molar-refractivity contribution in [3.63, 3.8) is 0 Å². The number of hydrogen-bond acceptors (Lipinski definition) is 5. The number of anilines is 2. The molecule has 3 aliphatic rings. The van der Waals surface area contributed by atoms with Crippen LogP contribution in [0.15, 0.2) is 60.8 Å². The van der Waals surface area contributed by atoms with Crippen molar-refractivity contribution in [1.82, 2.24) is 30.2 Å². The lowest BCUT2D eigenvalue weighted by Crippen LogP contribution is -2.58. The number of aromatic amines is 1. The zero-order chi connectivity index (χ0) is 33.4. The van der Waals surface area contributed by atoms with Gasteiger partial charge in [0, 0.05) is 69.3 Å². The Morgan fingerprint density at radius 1 is 0.979 bits per heavy atom. The normalized spacial score (nSPS) is 17.7. The molecule has 2 fully saturated rings. The van der Waals surface area contributed by atoms with Crippen LogP contribution in [0, 0.1) is 18.6 Å². The molecule has 2 saturated heterocycles. The fraction of sp³-hybridized carbons (Fsp3) is 0.371. The fourth-order valence-corrected chi connectivity index (χ4v) is 7.11. The Kier molecular flexibility index (Phi) is 8.59. The first-order chi connectivity index (χ1) is 23.2. The van der Waals surface area contributed by atoms with Gasteiger partial charge in [-0.3, -0.25) is 9.89 Å². The van der Waals surface area contributed by atoms with Crippen LogP contribution in [0.4, 0.5) is 29.7 Å². The molecule has 4 aromatic rings. The molecule has 48 heavy (non-hydrogen) atoms. The number of para-hydroxylation sites is 1. The zero-order valence-corrected chi connectivity index (χ0v) is 26.7. The number of piperazine rings is 1. The summed E-state index contributed by atoms with van der Waals surface area (Å²) in [5.74, 6) is -0.901. The Morgan fingerprint density at radius 2 is 1.73 bits per heavy atom. The SMILES string of the molecule is Cc1cc(CC(NC(=O)N2CCC(N3Cc4cccc(F)c4NC3=O)CC2)C(=O)N2CCN(c3ccc(F)cc3)CC2)cc2cn[nH]c12.